The summed E-state index contributed by atoms with van der Waals surface area (Å²) >= 11 is 0. The second kappa shape index (κ2) is 9.42. The van der Waals surface area contributed by atoms with Gasteiger partial charge in [0, 0.05) is 33.5 Å². The van der Waals surface area contributed by atoms with Gasteiger partial charge in [-0.1, -0.05) is 46.8 Å². The number of alkyl halides is 3. The van der Waals surface area contributed by atoms with Crippen LogP contribution >= 0.6 is 0 Å². The summed E-state index contributed by atoms with van der Waals surface area (Å²) < 4.78 is 37.1. The number of allylic oxidation sites excluding steroid dienone is 1. The number of nitrogens with zero attached hydrogens (tertiary/aromatic N) is 2. The van der Waals surface area contributed by atoms with Crippen LogP contribution in [0.25, 0.3) is 0 Å². The summed E-state index contributed by atoms with van der Waals surface area (Å²) in [6.45, 7) is 8.92. The molecule has 0 aromatic heterocycles. The monoisotopic (exact) mass is 378 g/mol. The van der Waals surface area contributed by atoms with Crippen molar-refractivity contribution >= 4 is 11.8 Å². The molecule has 0 saturated carbocycles. The van der Waals surface area contributed by atoms with Crippen molar-refractivity contribution in [3.05, 3.63) is 12.2 Å². The number of rotatable bonds is 8. The van der Waals surface area contributed by atoms with Crippen molar-refractivity contribution in [2.24, 2.45) is 10.8 Å². The maximum absolute atomic E-state index is 12.4. The first-order valence-corrected chi connectivity index (χ1v) is 8.72. The summed E-state index contributed by atoms with van der Waals surface area (Å²) in [6, 6.07) is 0. The van der Waals surface area contributed by atoms with E-state index in [1.807, 2.05) is 46.8 Å². The molecule has 0 aromatic carbocycles. The topological polar surface area (TPSA) is 40.6 Å². The molecule has 0 heterocycles. The van der Waals surface area contributed by atoms with E-state index in [1.54, 1.807) is 11.9 Å². The van der Waals surface area contributed by atoms with Crippen LogP contribution in [0, 0.1) is 10.8 Å². The van der Waals surface area contributed by atoms with Crippen molar-refractivity contribution in [1.82, 2.24) is 9.80 Å². The molecule has 0 aliphatic carbocycles. The Bertz CT molecular complexity index is 506. The standard InChI is InChI=1S/C19H33F3N2O2/c1-17(2,3)12-15(25)23(6)11-9-8-10-18(4,5)13-16(26)24(7)14-19(20,21)22/h8-9H,10-14H2,1-7H3/b9-8-. The largest absolute Gasteiger partial charge is 0.406 e. The maximum Gasteiger partial charge on any atom is 0.406 e. The molecule has 0 bridgehead atoms. The van der Waals surface area contributed by atoms with E-state index >= 15 is 0 Å². The van der Waals surface area contributed by atoms with Crippen molar-refractivity contribution in [3.63, 3.8) is 0 Å². The van der Waals surface area contributed by atoms with Gasteiger partial charge in [-0.2, -0.15) is 13.2 Å². The summed E-state index contributed by atoms with van der Waals surface area (Å²) in [5.74, 6) is -0.469. The van der Waals surface area contributed by atoms with Gasteiger partial charge in [0.15, 0.2) is 0 Å². The Morgan fingerprint density at radius 2 is 1.35 bits per heavy atom. The minimum atomic E-state index is -4.39. The van der Waals surface area contributed by atoms with Gasteiger partial charge in [-0.25, -0.2) is 0 Å². The van der Waals surface area contributed by atoms with E-state index in [0.29, 0.717) is 24.3 Å². The van der Waals surface area contributed by atoms with E-state index in [9.17, 15) is 22.8 Å². The zero-order valence-corrected chi connectivity index (χ0v) is 17.0. The lowest BCUT2D eigenvalue weighted by Crippen LogP contribution is -2.37. The van der Waals surface area contributed by atoms with Gasteiger partial charge in [0.2, 0.25) is 11.8 Å². The van der Waals surface area contributed by atoms with Crippen molar-refractivity contribution in [2.45, 2.75) is 60.1 Å². The molecular formula is C19H33F3N2O2. The summed E-state index contributed by atoms with van der Waals surface area (Å²) in [6.07, 6.45) is 0.369. The highest BCUT2D eigenvalue weighted by molar-refractivity contribution is 5.77. The number of hydrogen-bond donors (Lipinski definition) is 0. The van der Waals surface area contributed by atoms with Crippen molar-refractivity contribution in [2.75, 3.05) is 27.2 Å². The van der Waals surface area contributed by atoms with Crippen molar-refractivity contribution in [3.8, 4) is 0 Å². The molecule has 26 heavy (non-hydrogen) atoms. The fourth-order valence-electron chi connectivity index (χ4n) is 2.30. The average molecular weight is 378 g/mol. The smallest absolute Gasteiger partial charge is 0.342 e. The second-order valence-corrected chi connectivity index (χ2v) is 8.89. The van der Waals surface area contributed by atoms with Gasteiger partial charge < -0.3 is 9.80 Å². The Hall–Kier alpha value is -1.53. The van der Waals surface area contributed by atoms with Gasteiger partial charge in [-0.05, 0) is 17.3 Å². The highest BCUT2D eigenvalue weighted by Gasteiger charge is 2.32. The van der Waals surface area contributed by atoms with E-state index in [0.717, 1.165) is 7.05 Å². The Kier molecular flexibility index (Phi) is 8.86. The van der Waals surface area contributed by atoms with Gasteiger partial charge in [0.05, 0.1) is 0 Å². The van der Waals surface area contributed by atoms with Crippen LogP contribution in [0.2, 0.25) is 0 Å². The molecule has 4 nitrogen and oxygen atoms in total. The summed E-state index contributed by atoms with van der Waals surface area (Å²) in [5, 5.41) is 0. The van der Waals surface area contributed by atoms with Gasteiger partial charge >= 0.3 is 6.18 Å². The number of halogens is 3. The van der Waals surface area contributed by atoms with Crippen LogP contribution in [0.1, 0.15) is 53.9 Å². The number of hydrogen-bond acceptors (Lipinski definition) is 2. The minimum absolute atomic E-state index is 0.0305. The van der Waals surface area contributed by atoms with Gasteiger partial charge in [-0.3, -0.25) is 9.59 Å². The molecule has 0 aliphatic heterocycles. The zero-order chi connectivity index (χ0) is 20.8. The van der Waals surface area contributed by atoms with Gasteiger partial charge in [0.1, 0.15) is 6.54 Å². The molecule has 152 valence electrons. The van der Waals surface area contributed by atoms with Crippen LogP contribution in [0.15, 0.2) is 12.2 Å². The number of carbonyl (C=O) groups excluding carboxylic acids is 2. The quantitative estimate of drug-likeness (QED) is 0.592. The van der Waals surface area contributed by atoms with E-state index in [2.05, 4.69) is 0 Å². The van der Waals surface area contributed by atoms with Crippen LogP contribution in [0.5, 0.6) is 0 Å². The first-order valence-electron chi connectivity index (χ1n) is 8.72. The third-order valence-electron chi connectivity index (χ3n) is 3.80. The third kappa shape index (κ3) is 11.9. The van der Waals surface area contributed by atoms with Gasteiger partial charge in [-0.15, -0.1) is 0 Å². The zero-order valence-electron chi connectivity index (χ0n) is 17.0. The molecule has 0 rings (SSSR count). The molecule has 0 saturated heterocycles. The van der Waals surface area contributed by atoms with E-state index < -0.39 is 24.0 Å². The molecule has 0 radical (unpaired) electrons. The lowest BCUT2D eigenvalue weighted by Gasteiger charge is -2.26. The molecule has 0 atom stereocenters. The predicted molar refractivity (Wildman–Crippen MR) is 97.6 cm³/mol. The minimum Gasteiger partial charge on any atom is -0.342 e. The Balaban J connectivity index is 4.44. The lowest BCUT2D eigenvalue weighted by atomic mass is 9.85. The first-order chi connectivity index (χ1) is 11.5. The fourth-order valence-corrected chi connectivity index (χ4v) is 2.30. The van der Waals surface area contributed by atoms with Crippen molar-refractivity contribution < 1.29 is 22.8 Å². The first kappa shape index (κ1) is 24.5. The van der Waals surface area contributed by atoms with Crippen LogP contribution in [-0.2, 0) is 9.59 Å². The van der Waals surface area contributed by atoms with E-state index in [-0.39, 0.29) is 17.7 Å². The highest BCUT2D eigenvalue weighted by Crippen LogP contribution is 2.27. The van der Waals surface area contributed by atoms with Gasteiger partial charge in [0.25, 0.3) is 0 Å². The molecule has 0 N–H and O–H groups in total. The lowest BCUT2D eigenvalue weighted by molar-refractivity contribution is -0.159. The number of amides is 2. The molecule has 7 heteroatoms. The average Bonchev–Trinajstić information content (AvgIpc) is 2.39. The van der Waals surface area contributed by atoms with Crippen LogP contribution in [0.4, 0.5) is 13.2 Å². The predicted octanol–water partition coefficient (Wildman–Crippen LogP) is 4.26. The third-order valence-corrected chi connectivity index (χ3v) is 3.80. The molecular weight excluding hydrogens is 345 g/mol. The Labute approximate surface area is 155 Å². The molecule has 0 fully saturated rings. The molecule has 0 spiro atoms. The van der Waals surface area contributed by atoms with Crippen LogP contribution in [-0.4, -0.2) is 55.0 Å². The summed E-state index contributed by atoms with van der Waals surface area (Å²) in [7, 11) is 2.90. The highest BCUT2D eigenvalue weighted by atomic mass is 19.4. The van der Waals surface area contributed by atoms with E-state index in [4.69, 9.17) is 0 Å². The fraction of sp³-hybridized carbons (Fsp3) is 0.789. The number of carbonyl (C=O) groups is 2. The number of likely N-dealkylation sites (N-methyl/N-ethyl adjacent to an activating group) is 1. The normalized spacial score (nSPS) is 13.2. The maximum atomic E-state index is 12.4. The SMILES string of the molecule is CN(C/C=C\CC(C)(C)CC(=O)N(C)CC(F)(F)F)C(=O)CC(C)(C)C. The Morgan fingerprint density at radius 1 is 0.846 bits per heavy atom. The molecule has 0 aromatic rings. The van der Waals surface area contributed by atoms with Crippen LogP contribution < -0.4 is 0 Å². The summed E-state index contributed by atoms with van der Waals surface area (Å²) in [4.78, 5) is 26.3. The Morgan fingerprint density at radius 3 is 1.81 bits per heavy atom. The van der Waals surface area contributed by atoms with E-state index in [1.165, 1.54) is 0 Å². The second-order valence-electron chi connectivity index (χ2n) is 8.89. The van der Waals surface area contributed by atoms with Crippen molar-refractivity contribution in [1.29, 1.82) is 0 Å². The molecule has 0 aliphatic rings. The van der Waals surface area contributed by atoms with Crippen LogP contribution in [0.3, 0.4) is 0 Å². The molecule has 2 amide bonds. The summed E-state index contributed by atoms with van der Waals surface area (Å²) in [5.41, 5.74) is -0.527. The molecule has 0 unspecified atom stereocenters.